The van der Waals surface area contributed by atoms with Gasteiger partial charge in [-0.05, 0) is 55.4 Å². The Morgan fingerprint density at radius 1 is 1.15 bits per heavy atom. The summed E-state index contributed by atoms with van der Waals surface area (Å²) in [5.41, 5.74) is -2.46. The molecule has 0 radical (unpaired) electrons. The van der Waals surface area contributed by atoms with Crippen LogP contribution in [0.1, 0.15) is 57.3 Å². The number of hydrogen-bond acceptors (Lipinski definition) is 6. The lowest BCUT2D eigenvalue weighted by atomic mass is 9.46. The van der Waals surface area contributed by atoms with Crippen molar-refractivity contribution in [2.75, 3.05) is 6.61 Å². The molecule has 1 aromatic carbocycles. The quantitative estimate of drug-likeness (QED) is 0.276. The molecule has 4 aliphatic carbocycles. The van der Waals surface area contributed by atoms with Crippen molar-refractivity contribution < 1.29 is 33.0 Å². The smallest absolute Gasteiger partial charge is 0.339 e. The van der Waals surface area contributed by atoms with E-state index in [-0.39, 0.29) is 34.4 Å². The van der Waals surface area contributed by atoms with Crippen molar-refractivity contribution in [1.29, 1.82) is 0 Å². The van der Waals surface area contributed by atoms with Crippen LogP contribution in [0.25, 0.3) is 0 Å². The number of alkyl halides is 3. The Hall–Kier alpha value is -2.13. The van der Waals surface area contributed by atoms with Gasteiger partial charge in [-0.3, -0.25) is 14.4 Å². The van der Waals surface area contributed by atoms with E-state index in [0.29, 0.717) is 12.8 Å². The number of rotatable bonds is 5. The van der Waals surface area contributed by atoms with Crippen LogP contribution < -0.4 is 0 Å². The van der Waals surface area contributed by atoms with Crippen molar-refractivity contribution in [1.82, 2.24) is 0 Å². The first kappa shape index (κ1) is 29.4. The number of halogens is 3. The van der Waals surface area contributed by atoms with E-state index < -0.39 is 57.2 Å². The summed E-state index contributed by atoms with van der Waals surface area (Å²) in [5.74, 6) is -3.01. The van der Waals surface area contributed by atoms with Gasteiger partial charge in [0.15, 0.2) is 18.0 Å². The highest BCUT2D eigenvalue weighted by Crippen LogP contribution is 2.73. The highest BCUT2D eigenvalue weighted by Gasteiger charge is 2.77. The van der Waals surface area contributed by atoms with Crippen LogP contribution in [0.3, 0.4) is 0 Å². The van der Waals surface area contributed by atoms with Crippen LogP contribution in [0.5, 0.6) is 0 Å². The van der Waals surface area contributed by atoms with Crippen molar-refractivity contribution in [3.8, 4) is 0 Å². The maximum absolute atomic E-state index is 17.0. The third kappa shape index (κ3) is 3.97. The minimum absolute atomic E-state index is 0.0674. The lowest BCUT2D eigenvalue weighted by Crippen LogP contribution is -2.70. The van der Waals surface area contributed by atoms with Crippen LogP contribution in [-0.2, 0) is 23.9 Å². The zero-order valence-corrected chi connectivity index (χ0v) is 26.1. The third-order valence-corrected chi connectivity index (χ3v) is 12.9. The van der Waals surface area contributed by atoms with Crippen molar-refractivity contribution in [2.24, 2.45) is 28.6 Å². The van der Waals surface area contributed by atoms with Gasteiger partial charge in [-0.2, -0.15) is 0 Å². The molecule has 214 valence electrons. The Bertz CT molecular complexity index is 1330. The highest BCUT2D eigenvalue weighted by atomic mass is 79.9. The van der Waals surface area contributed by atoms with Crippen molar-refractivity contribution in [3.05, 3.63) is 59.7 Å². The van der Waals surface area contributed by atoms with Crippen molar-refractivity contribution >= 4 is 55.4 Å². The van der Waals surface area contributed by atoms with E-state index in [1.54, 1.807) is 36.4 Å². The molecule has 4 aliphatic rings. The van der Waals surface area contributed by atoms with E-state index in [9.17, 15) is 19.2 Å². The summed E-state index contributed by atoms with van der Waals surface area (Å²) >= 11 is 7.78. The zero-order chi connectivity index (χ0) is 29.3. The fourth-order valence-electron chi connectivity index (χ4n) is 8.33. The molecule has 9 heteroatoms. The van der Waals surface area contributed by atoms with Gasteiger partial charge in [0.2, 0.25) is 5.78 Å². The van der Waals surface area contributed by atoms with Gasteiger partial charge in [0.1, 0.15) is 6.17 Å². The molecular formula is C31H33Br2FO6. The number of hydrogen-bond donors (Lipinski definition) is 0. The molecule has 0 N–H and O–H groups in total. The summed E-state index contributed by atoms with van der Waals surface area (Å²) in [5, 5.41) is 0. The van der Waals surface area contributed by atoms with Gasteiger partial charge in [0, 0.05) is 28.5 Å². The Morgan fingerprint density at radius 2 is 1.82 bits per heavy atom. The van der Waals surface area contributed by atoms with Crippen LogP contribution >= 0.6 is 31.9 Å². The summed E-state index contributed by atoms with van der Waals surface area (Å²) in [6.07, 6.45) is 4.43. The summed E-state index contributed by atoms with van der Waals surface area (Å²) in [6.45, 7) is 6.30. The normalized spacial score (nSPS) is 41.7. The molecule has 5 rings (SSSR count). The standard InChI is InChI=1S/C31H33Br2FO6/c1-17-12-22-26-23(32)14-20-13-21(36)10-11-28(20,3)30(26,33)24(34)15-29(22,4)31(17,25(37)16-39-18(2)35)40-27(38)19-8-6-5-7-9-19/h5-11,13,17,22-24,26H,12,14-16H2,1-4H3/t17?,22-,23?,24?,26+,28-,29-,30+,31-/m0/s1. The van der Waals surface area contributed by atoms with Gasteiger partial charge in [-0.25, -0.2) is 9.18 Å². The van der Waals surface area contributed by atoms with E-state index in [2.05, 4.69) is 31.9 Å². The predicted molar refractivity (Wildman–Crippen MR) is 154 cm³/mol. The number of ketones is 2. The maximum Gasteiger partial charge on any atom is 0.339 e. The van der Waals surface area contributed by atoms with Crippen LogP contribution in [0.15, 0.2) is 54.1 Å². The topological polar surface area (TPSA) is 86.7 Å². The molecule has 3 unspecified atom stereocenters. The largest absolute Gasteiger partial charge is 0.458 e. The second kappa shape index (κ2) is 10.0. The monoisotopic (exact) mass is 678 g/mol. The molecular weight excluding hydrogens is 647 g/mol. The fraction of sp³-hybridized carbons (Fsp3) is 0.548. The molecule has 0 bridgehead atoms. The fourth-order valence-corrected chi connectivity index (χ4v) is 11.0. The first-order valence-electron chi connectivity index (χ1n) is 13.6. The second-order valence-electron chi connectivity index (χ2n) is 12.1. The molecule has 9 atom stereocenters. The van der Waals surface area contributed by atoms with Crippen LogP contribution in [0.2, 0.25) is 0 Å². The number of carbonyl (C=O) groups is 4. The minimum Gasteiger partial charge on any atom is -0.458 e. The number of fused-ring (bicyclic) bond motifs is 5. The van der Waals surface area contributed by atoms with Crippen molar-refractivity contribution in [2.45, 2.75) is 67.9 Å². The SMILES string of the molecule is CC(=O)OCC(=O)[C@@]1(OC(=O)c2ccccc2)C(C)C[C@H]2[C@@H]3C(Br)CC4=CC(=O)C=C[C@]4(C)[C@@]3(Br)C(F)C[C@@]21C. The molecule has 3 fully saturated rings. The summed E-state index contributed by atoms with van der Waals surface area (Å²) < 4.78 is 27.4. The van der Waals surface area contributed by atoms with Crippen LogP contribution in [0.4, 0.5) is 4.39 Å². The number of benzene rings is 1. The number of esters is 2. The molecule has 0 spiro atoms. The Balaban J connectivity index is 1.64. The first-order chi connectivity index (χ1) is 18.7. The lowest BCUT2D eigenvalue weighted by Gasteiger charge is -2.64. The average Bonchev–Trinajstić information content (AvgIpc) is 3.11. The van der Waals surface area contributed by atoms with Gasteiger partial charge < -0.3 is 9.47 Å². The zero-order valence-electron chi connectivity index (χ0n) is 22.9. The van der Waals surface area contributed by atoms with Crippen LogP contribution in [-0.4, -0.2) is 51.0 Å². The highest BCUT2D eigenvalue weighted by molar-refractivity contribution is 9.10. The summed E-state index contributed by atoms with van der Waals surface area (Å²) in [6, 6.07) is 8.39. The van der Waals surface area contributed by atoms with Gasteiger partial charge >= 0.3 is 11.9 Å². The Labute approximate surface area is 250 Å². The molecule has 0 amide bonds. The number of ether oxygens (including phenoxy) is 2. The van der Waals surface area contributed by atoms with Gasteiger partial charge in [0.05, 0.1) is 9.89 Å². The first-order valence-corrected chi connectivity index (χ1v) is 15.3. The Kier molecular flexibility index (Phi) is 7.34. The lowest BCUT2D eigenvalue weighted by molar-refractivity contribution is -0.177. The third-order valence-electron chi connectivity index (χ3n) is 10.2. The Morgan fingerprint density at radius 3 is 2.48 bits per heavy atom. The molecule has 0 aromatic heterocycles. The molecule has 6 nitrogen and oxygen atoms in total. The maximum atomic E-state index is 17.0. The molecule has 0 aliphatic heterocycles. The van der Waals surface area contributed by atoms with E-state index in [1.165, 1.54) is 13.0 Å². The molecule has 0 heterocycles. The van der Waals surface area contributed by atoms with Gasteiger partial charge in [0.25, 0.3) is 0 Å². The van der Waals surface area contributed by atoms with E-state index in [1.807, 2.05) is 26.8 Å². The number of allylic oxidation sites excluding steroid dienone is 4. The van der Waals surface area contributed by atoms with E-state index >= 15 is 4.39 Å². The minimum atomic E-state index is -1.72. The van der Waals surface area contributed by atoms with E-state index in [0.717, 1.165) is 5.57 Å². The van der Waals surface area contributed by atoms with E-state index in [4.69, 9.17) is 9.47 Å². The number of Topliss-reactive ketones (excluding diaryl/α,β-unsaturated/α-hetero) is 1. The number of carbonyl (C=O) groups excluding carboxylic acids is 4. The summed E-state index contributed by atoms with van der Waals surface area (Å²) in [4.78, 5) is 51.4. The van der Waals surface area contributed by atoms with Gasteiger partial charge in [-0.1, -0.05) is 82.5 Å². The second-order valence-corrected chi connectivity index (χ2v) is 14.6. The predicted octanol–water partition coefficient (Wildman–Crippen LogP) is 6.11. The molecule has 1 aromatic rings. The molecule has 0 saturated heterocycles. The van der Waals surface area contributed by atoms with Crippen LogP contribution in [0, 0.1) is 28.6 Å². The summed E-state index contributed by atoms with van der Waals surface area (Å²) in [7, 11) is 0. The molecule has 40 heavy (non-hydrogen) atoms. The average molecular weight is 680 g/mol. The van der Waals surface area contributed by atoms with Crippen molar-refractivity contribution in [3.63, 3.8) is 0 Å². The molecule has 3 saturated carbocycles. The van der Waals surface area contributed by atoms with Gasteiger partial charge in [-0.15, -0.1) is 0 Å².